The van der Waals surface area contributed by atoms with Crippen LogP contribution in [0.2, 0.25) is 0 Å². The maximum Gasteiger partial charge on any atom is 0.131 e. The van der Waals surface area contributed by atoms with Crippen LogP contribution in [0.3, 0.4) is 0 Å². The fourth-order valence-electron chi connectivity index (χ4n) is 2.35. The fourth-order valence-corrected chi connectivity index (χ4v) is 2.35. The first kappa shape index (κ1) is 12.1. The van der Waals surface area contributed by atoms with Gasteiger partial charge in [0.25, 0.3) is 0 Å². The van der Waals surface area contributed by atoms with Gasteiger partial charge in [0.15, 0.2) is 0 Å². The average molecular weight is 234 g/mol. The molecule has 4 heteroatoms. The van der Waals surface area contributed by atoms with Crippen molar-refractivity contribution in [3.8, 4) is 0 Å². The topological polar surface area (TPSA) is 49.8 Å². The Hall–Kier alpha value is -1.32. The molecule has 0 atom stereocenters. The van der Waals surface area contributed by atoms with E-state index in [0.717, 1.165) is 18.2 Å². The minimum Gasteiger partial charge on any atom is -0.370 e. The molecule has 17 heavy (non-hydrogen) atoms. The molecule has 2 rings (SSSR count). The number of rotatable bonds is 4. The standard InChI is InChI=1S/C13H22N4/c1-2-14-12-9-13(16-10-15-12)17-11-7-5-3-4-6-8-11/h9-11H,2-8H2,1H3,(H2,14,15,16,17). The Balaban J connectivity index is 1.94. The van der Waals surface area contributed by atoms with Gasteiger partial charge in [-0.05, 0) is 19.8 Å². The molecule has 0 spiro atoms. The van der Waals surface area contributed by atoms with Crippen molar-refractivity contribution in [1.82, 2.24) is 9.97 Å². The molecule has 1 aromatic heterocycles. The summed E-state index contributed by atoms with van der Waals surface area (Å²) in [5, 5.41) is 6.73. The lowest BCUT2D eigenvalue weighted by Gasteiger charge is -2.17. The minimum atomic E-state index is 0.585. The molecule has 1 aromatic rings. The quantitative estimate of drug-likeness (QED) is 0.786. The van der Waals surface area contributed by atoms with E-state index < -0.39 is 0 Å². The van der Waals surface area contributed by atoms with Crippen LogP contribution in [-0.2, 0) is 0 Å². The number of nitrogens with zero attached hydrogens (tertiary/aromatic N) is 2. The first-order valence-corrected chi connectivity index (χ1v) is 6.71. The van der Waals surface area contributed by atoms with E-state index in [1.807, 2.05) is 6.07 Å². The first-order valence-electron chi connectivity index (χ1n) is 6.71. The molecule has 94 valence electrons. The highest BCUT2D eigenvalue weighted by Crippen LogP contribution is 2.20. The molecule has 0 saturated heterocycles. The van der Waals surface area contributed by atoms with Crippen LogP contribution in [-0.4, -0.2) is 22.6 Å². The lowest BCUT2D eigenvalue weighted by atomic mass is 10.1. The molecule has 1 aliphatic carbocycles. The number of aromatic nitrogens is 2. The van der Waals surface area contributed by atoms with E-state index in [-0.39, 0.29) is 0 Å². The molecule has 1 saturated carbocycles. The van der Waals surface area contributed by atoms with Crippen molar-refractivity contribution in [2.24, 2.45) is 0 Å². The monoisotopic (exact) mass is 234 g/mol. The van der Waals surface area contributed by atoms with Gasteiger partial charge in [0.1, 0.15) is 18.0 Å². The molecular formula is C13H22N4. The van der Waals surface area contributed by atoms with E-state index >= 15 is 0 Å². The minimum absolute atomic E-state index is 0.585. The van der Waals surface area contributed by atoms with Gasteiger partial charge in [-0.2, -0.15) is 0 Å². The zero-order valence-corrected chi connectivity index (χ0v) is 10.6. The molecule has 0 aliphatic heterocycles. The molecule has 0 radical (unpaired) electrons. The van der Waals surface area contributed by atoms with Crippen LogP contribution in [0.5, 0.6) is 0 Å². The number of hydrogen-bond donors (Lipinski definition) is 2. The van der Waals surface area contributed by atoms with E-state index in [0.29, 0.717) is 6.04 Å². The summed E-state index contributed by atoms with van der Waals surface area (Å²) in [7, 11) is 0. The number of hydrogen-bond acceptors (Lipinski definition) is 4. The second-order valence-corrected chi connectivity index (χ2v) is 4.65. The third-order valence-corrected chi connectivity index (χ3v) is 3.23. The summed E-state index contributed by atoms with van der Waals surface area (Å²) in [5.41, 5.74) is 0. The molecule has 1 heterocycles. The lowest BCUT2D eigenvalue weighted by Crippen LogP contribution is -2.19. The summed E-state index contributed by atoms with van der Waals surface area (Å²) in [5.74, 6) is 1.85. The van der Waals surface area contributed by atoms with Crippen LogP contribution in [0.4, 0.5) is 11.6 Å². The summed E-state index contributed by atoms with van der Waals surface area (Å²) in [4.78, 5) is 8.46. The molecule has 1 fully saturated rings. The maximum absolute atomic E-state index is 4.28. The Morgan fingerprint density at radius 1 is 1.12 bits per heavy atom. The summed E-state index contributed by atoms with van der Waals surface area (Å²) in [6, 6.07) is 2.58. The van der Waals surface area contributed by atoms with Crippen molar-refractivity contribution in [3.63, 3.8) is 0 Å². The lowest BCUT2D eigenvalue weighted by molar-refractivity contribution is 0.617. The molecule has 0 bridgehead atoms. The van der Waals surface area contributed by atoms with Crippen LogP contribution in [0.15, 0.2) is 12.4 Å². The highest BCUT2D eigenvalue weighted by molar-refractivity contribution is 5.46. The summed E-state index contributed by atoms with van der Waals surface area (Å²) in [6.07, 6.45) is 9.58. The Labute approximate surface area is 103 Å². The van der Waals surface area contributed by atoms with Crippen LogP contribution < -0.4 is 10.6 Å². The third kappa shape index (κ3) is 3.88. The average Bonchev–Trinajstić information content (AvgIpc) is 2.59. The molecule has 0 amide bonds. The van der Waals surface area contributed by atoms with Gasteiger partial charge in [-0.1, -0.05) is 25.7 Å². The van der Waals surface area contributed by atoms with E-state index in [2.05, 4.69) is 27.5 Å². The Kier molecular flexibility index (Phi) is 4.59. The Morgan fingerprint density at radius 3 is 2.53 bits per heavy atom. The largest absolute Gasteiger partial charge is 0.370 e. The molecule has 2 N–H and O–H groups in total. The summed E-state index contributed by atoms with van der Waals surface area (Å²) in [6.45, 7) is 2.96. The van der Waals surface area contributed by atoms with E-state index in [9.17, 15) is 0 Å². The van der Waals surface area contributed by atoms with Gasteiger partial charge >= 0.3 is 0 Å². The highest BCUT2D eigenvalue weighted by Gasteiger charge is 2.12. The first-order chi connectivity index (χ1) is 8.38. The Morgan fingerprint density at radius 2 is 1.82 bits per heavy atom. The SMILES string of the molecule is CCNc1cc(NC2CCCCCC2)ncn1. The van der Waals surface area contributed by atoms with Gasteiger partial charge in [-0.3, -0.25) is 0 Å². The van der Waals surface area contributed by atoms with Crippen LogP contribution in [0.25, 0.3) is 0 Å². The molecular weight excluding hydrogens is 212 g/mol. The Bertz CT molecular complexity index is 332. The summed E-state index contributed by atoms with van der Waals surface area (Å²) >= 11 is 0. The zero-order valence-electron chi connectivity index (χ0n) is 10.6. The predicted molar refractivity (Wildman–Crippen MR) is 71.3 cm³/mol. The van der Waals surface area contributed by atoms with Crippen molar-refractivity contribution in [2.75, 3.05) is 17.2 Å². The van der Waals surface area contributed by atoms with Crippen molar-refractivity contribution in [3.05, 3.63) is 12.4 Å². The van der Waals surface area contributed by atoms with Gasteiger partial charge in [0.2, 0.25) is 0 Å². The second-order valence-electron chi connectivity index (χ2n) is 4.65. The predicted octanol–water partition coefficient (Wildman–Crippen LogP) is 3.04. The normalized spacial score (nSPS) is 17.5. The third-order valence-electron chi connectivity index (χ3n) is 3.23. The van der Waals surface area contributed by atoms with Gasteiger partial charge < -0.3 is 10.6 Å². The van der Waals surface area contributed by atoms with Gasteiger partial charge in [-0.25, -0.2) is 9.97 Å². The van der Waals surface area contributed by atoms with Crippen molar-refractivity contribution in [2.45, 2.75) is 51.5 Å². The van der Waals surface area contributed by atoms with Gasteiger partial charge in [-0.15, -0.1) is 0 Å². The van der Waals surface area contributed by atoms with Gasteiger partial charge in [0.05, 0.1) is 0 Å². The molecule has 1 aliphatic rings. The summed E-state index contributed by atoms with van der Waals surface area (Å²) < 4.78 is 0. The van der Waals surface area contributed by atoms with Crippen molar-refractivity contribution in [1.29, 1.82) is 0 Å². The van der Waals surface area contributed by atoms with E-state index in [1.165, 1.54) is 38.5 Å². The highest BCUT2D eigenvalue weighted by atomic mass is 15.1. The second kappa shape index (κ2) is 6.42. The number of nitrogens with one attached hydrogen (secondary N) is 2. The zero-order chi connectivity index (χ0) is 11.9. The van der Waals surface area contributed by atoms with Gasteiger partial charge in [0, 0.05) is 18.7 Å². The van der Waals surface area contributed by atoms with E-state index in [1.54, 1.807) is 6.33 Å². The maximum atomic E-state index is 4.28. The molecule has 0 unspecified atom stereocenters. The van der Waals surface area contributed by atoms with Crippen LogP contribution in [0, 0.1) is 0 Å². The molecule has 0 aromatic carbocycles. The van der Waals surface area contributed by atoms with E-state index in [4.69, 9.17) is 0 Å². The van der Waals surface area contributed by atoms with Crippen molar-refractivity contribution >= 4 is 11.6 Å². The fraction of sp³-hybridized carbons (Fsp3) is 0.692. The van der Waals surface area contributed by atoms with Crippen LogP contribution >= 0.6 is 0 Å². The number of anilines is 2. The van der Waals surface area contributed by atoms with Crippen molar-refractivity contribution < 1.29 is 0 Å². The smallest absolute Gasteiger partial charge is 0.131 e. The van der Waals surface area contributed by atoms with Crippen LogP contribution in [0.1, 0.15) is 45.4 Å². The molecule has 4 nitrogen and oxygen atoms in total.